The molecule has 1 aliphatic carbocycles. The molecule has 2 aromatic rings. The van der Waals surface area contributed by atoms with Gasteiger partial charge in [-0.15, -0.1) is 0 Å². The molecule has 2 aromatic carbocycles. The molecule has 3 amide bonds. The minimum Gasteiger partial charge on any atom is -0.284 e. The van der Waals surface area contributed by atoms with E-state index in [0.717, 1.165) is 4.90 Å². The fraction of sp³-hybridized carbons (Fsp3) is 0.167. The van der Waals surface area contributed by atoms with Crippen LogP contribution in [0.25, 0.3) is 16.7 Å². The number of hydrogen-bond donors (Lipinski definition) is 0. The van der Waals surface area contributed by atoms with Crippen LogP contribution in [0.5, 0.6) is 0 Å². The molecule has 1 fully saturated rings. The second kappa shape index (κ2) is 7.74. The van der Waals surface area contributed by atoms with Gasteiger partial charge in [0.25, 0.3) is 5.91 Å². The summed E-state index contributed by atoms with van der Waals surface area (Å²) in [6, 6.07) is 13.9. The van der Waals surface area contributed by atoms with Gasteiger partial charge < -0.3 is 0 Å². The molecule has 0 atom stereocenters. The van der Waals surface area contributed by atoms with Crippen LogP contribution in [0.15, 0.2) is 35.9 Å². The van der Waals surface area contributed by atoms with Gasteiger partial charge in [0.15, 0.2) is 0 Å². The second-order valence-electron chi connectivity index (χ2n) is 7.17. The molecule has 1 heterocycles. The molecule has 154 valence electrons. The molecule has 0 unspecified atom stereocenters. The van der Waals surface area contributed by atoms with Crippen molar-refractivity contribution in [2.45, 2.75) is 13.8 Å². The van der Waals surface area contributed by atoms with Crippen molar-refractivity contribution < 1.29 is 9.59 Å². The molecule has 0 N–H and O–H groups in total. The zero-order valence-electron chi connectivity index (χ0n) is 17.3. The highest BCUT2D eigenvalue weighted by Crippen LogP contribution is 2.49. The molecule has 1 aliphatic heterocycles. The number of nitrogens with zero attached hydrogens (tertiary/aromatic N) is 5. The first-order chi connectivity index (χ1) is 15.4. The average molecular weight is 437 g/mol. The van der Waals surface area contributed by atoms with Crippen molar-refractivity contribution in [3.63, 3.8) is 0 Å². The average Bonchev–Trinajstić information content (AvgIpc) is 3.12. The van der Waals surface area contributed by atoms with Gasteiger partial charge in [-0.05, 0) is 54.8 Å². The van der Waals surface area contributed by atoms with Gasteiger partial charge in [-0.1, -0.05) is 18.3 Å². The van der Waals surface area contributed by atoms with Gasteiger partial charge in [-0.25, -0.2) is 4.79 Å². The van der Waals surface area contributed by atoms with E-state index in [9.17, 15) is 25.4 Å². The lowest BCUT2D eigenvalue weighted by atomic mass is 9.93. The molecule has 1 saturated heterocycles. The predicted octanol–water partition coefficient (Wildman–Crippen LogP) is 3.72. The Bertz CT molecular complexity index is 1370. The number of carbonyl (C=O) groups is 2. The Hall–Kier alpha value is -4.32. The largest absolute Gasteiger partial charge is 0.332 e. The maximum atomic E-state index is 13.4. The minimum absolute atomic E-state index is 0.0872. The summed E-state index contributed by atoms with van der Waals surface area (Å²) in [6.07, 6.45) is 0. The lowest BCUT2D eigenvalue weighted by molar-refractivity contribution is -0.124. The lowest BCUT2D eigenvalue weighted by Gasteiger charge is -2.35. The normalized spacial score (nSPS) is 16.9. The van der Waals surface area contributed by atoms with Crippen molar-refractivity contribution in [1.82, 2.24) is 9.80 Å². The second-order valence-corrected chi connectivity index (χ2v) is 7.56. The minimum atomic E-state index is -0.538. The van der Waals surface area contributed by atoms with Crippen LogP contribution in [0.2, 0.25) is 0 Å². The summed E-state index contributed by atoms with van der Waals surface area (Å²) < 4.78 is 0. The van der Waals surface area contributed by atoms with E-state index in [1.54, 1.807) is 38.1 Å². The van der Waals surface area contributed by atoms with Gasteiger partial charge in [-0.3, -0.25) is 14.6 Å². The maximum absolute atomic E-state index is 13.4. The van der Waals surface area contributed by atoms with Crippen LogP contribution in [0.3, 0.4) is 0 Å². The fourth-order valence-electron chi connectivity index (χ4n) is 4.19. The summed E-state index contributed by atoms with van der Waals surface area (Å²) in [5.41, 5.74) is 3.82. The number of amides is 3. The molecule has 4 rings (SSSR count). The molecule has 0 radical (unpaired) electrons. The quantitative estimate of drug-likeness (QED) is 0.446. The van der Waals surface area contributed by atoms with Gasteiger partial charge in [0.2, 0.25) is 0 Å². The predicted molar refractivity (Wildman–Crippen MR) is 120 cm³/mol. The molecule has 0 saturated carbocycles. The van der Waals surface area contributed by atoms with Crippen LogP contribution in [-0.2, 0) is 4.79 Å². The molecular weight excluding hydrogens is 422 g/mol. The van der Waals surface area contributed by atoms with Crippen LogP contribution < -0.4 is 0 Å². The van der Waals surface area contributed by atoms with Gasteiger partial charge in [0.05, 0.1) is 40.5 Å². The van der Waals surface area contributed by atoms with Crippen molar-refractivity contribution in [2.24, 2.45) is 0 Å². The van der Waals surface area contributed by atoms with E-state index >= 15 is 0 Å². The first kappa shape index (κ1) is 20.9. The van der Waals surface area contributed by atoms with Crippen molar-refractivity contribution in [3.8, 4) is 29.3 Å². The Morgan fingerprint density at radius 2 is 1.47 bits per heavy atom. The molecule has 8 heteroatoms. The molecule has 0 bridgehead atoms. The highest BCUT2D eigenvalue weighted by Gasteiger charge is 2.42. The lowest BCUT2D eigenvalue weighted by Crippen LogP contribution is -2.55. The van der Waals surface area contributed by atoms with Crippen LogP contribution in [0.1, 0.15) is 41.7 Å². The third-order valence-corrected chi connectivity index (χ3v) is 6.03. The van der Waals surface area contributed by atoms with E-state index in [0.29, 0.717) is 33.4 Å². The van der Waals surface area contributed by atoms with Crippen molar-refractivity contribution in [2.75, 3.05) is 13.1 Å². The van der Waals surface area contributed by atoms with Gasteiger partial charge >= 0.3 is 6.03 Å². The van der Waals surface area contributed by atoms with Crippen LogP contribution in [-0.4, -0.2) is 39.8 Å². The summed E-state index contributed by atoms with van der Waals surface area (Å²) in [5.74, 6) is -0.538. The van der Waals surface area contributed by atoms with E-state index in [1.165, 1.54) is 11.0 Å². The van der Waals surface area contributed by atoms with E-state index in [2.05, 4.69) is 18.2 Å². The smallest absolute Gasteiger partial charge is 0.284 e. The van der Waals surface area contributed by atoms with Crippen LogP contribution in [0.4, 0.5) is 4.79 Å². The number of benzene rings is 2. The number of hydrogen-bond acceptors (Lipinski definition) is 6. The zero-order chi connectivity index (χ0) is 23.2. The Kier molecular flexibility index (Phi) is 5.06. The monoisotopic (exact) mass is 437 g/mol. The maximum Gasteiger partial charge on any atom is 0.332 e. The number of thiocarbonyl (C=S) groups is 1. The molecule has 32 heavy (non-hydrogen) atoms. The molecule has 2 aliphatic rings. The molecule has 7 nitrogen and oxygen atoms in total. The van der Waals surface area contributed by atoms with Crippen molar-refractivity contribution in [3.05, 3.63) is 63.7 Å². The Labute approximate surface area is 190 Å². The summed E-state index contributed by atoms with van der Waals surface area (Å²) >= 11 is 5.59. The Morgan fingerprint density at radius 3 is 2.06 bits per heavy atom. The van der Waals surface area contributed by atoms with Crippen molar-refractivity contribution in [1.29, 1.82) is 15.8 Å². The number of carbonyl (C=O) groups excluding carboxylic acids is 2. The molecule has 0 aromatic heterocycles. The SMILES string of the molecule is CCN1C(=O)C(=C2c3cc(C#N)ccc3-c3c(C#N)cc(C#N)cc32)C(=S)N(CC)C1=O. The van der Waals surface area contributed by atoms with E-state index in [4.69, 9.17) is 12.2 Å². The first-order valence-electron chi connectivity index (χ1n) is 9.87. The highest BCUT2D eigenvalue weighted by molar-refractivity contribution is 7.81. The number of rotatable bonds is 2. The highest BCUT2D eigenvalue weighted by atomic mass is 32.1. The Balaban J connectivity index is 2.17. The van der Waals surface area contributed by atoms with Gasteiger partial charge in [0, 0.05) is 24.2 Å². The fourth-order valence-corrected chi connectivity index (χ4v) is 4.58. The third kappa shape index (κ3) is 2.80. The van der Waals surface area contributed by atoms with E-state index < -0.39 is 11.9 Å². The topological polar surface area (TPSA) is 112 Å². The number of nitriles is 3. The number of fused-ring (bicyclic) bond motifs is 3. The standard InChI is InChI=1S/C24H15N5O2S/c1-3-28-22(30)21(23(32)29(4-2)24(28)31)20-17-8-13(10-25)5-6-16(17)19-15(12-27)7-14(11-26)9-18(19)20/h5-9H,3-4H2,1-2H3. The van der Waals surface area contributed by atoms with Gasteiger partial charge in [0.1, 0.15) is 4.99 Å². The zero-order valence-corrected chi connectivity index (χ0v) is 18.1. The summed E-state index contributed by atoms with van der Waals surface area (Å²) in [4.78, 5) is 28.8. The number of imide groups is 1. The van der Waals surface area contributed by atoms with E-state index in [-0.39, 0.29) is 34.8 Å². The summed E-state index contributed by atoms with van der Waals surface area (Å²) in [7, 11) is 0. The third-order valence-electron chi connectivity index (χ3n) is 5.61. The van der Waals surface area contributed by atoms with Gasteiger partial charge in [-0.2, -0.15) is 15.8 Å². The first-order valence-corrected chi connectivity index (χ1v) is 10.3. The molecule has 0 spiro atoms. The Morgan fingerprint density at radius 1 is 0.812 bits per heavy atom. The molecular formula is C24H15N5O2S. The summed E-state index contributed by atoms with van der Waals surface area (Å²) in [6.45, 7) is 3.90. The van der Waals surface area contributed by atoms with Crippen LogP contribution >= 0.6 is 12.2 Å². The van der Waals surface area contributed by atoms with Crippen LogP contribution in [0, 0.1) is 34.0 Å². The van der Waals surface area contributed by atoms with E-state index in [1.807, 2.05) is 0 Å². The number of urea groups is 1. The summed E-state index contributed by atoms with van der Waals surface area (Å²) in [5, 5.41) is 28.7. The number of likely N-dealkylation sites (N-methyl/N-ethyl adjacent to an activating group) is 2. The van der Waals surface area contributed by atoms with Crippen molar-refractivity contribution >= 4 is 34.7 Å².